The monoisotopic (exact) mass is 259 g/mol. The number of nitrogens with zero attached hydrogens (tertiary/aromatic N) is 1. The number of nitriles is 1. The van der Waals surface area contributed by atoms with Crippen LogP contribution in [0, 0.1) is 53.8 Å². The number of hydrogen-bond donors (Lipinski definition) is 1. The number of terminal acetylenes is 2. The Morgan fingerprint density at radius 1 is 1.00 bits per heavy atom. The minimum atomic E-state index is -0.234. The smallest absolute Gasteiger partial charge is 0.107 e. The van der Waals surface area contributed by atoms with Crippen molar-refractivity contribution in [2.75, 3.05) is 6.61 Å². The second kappa shape index (κ2) is 11.6. The molecule has 0 aromatic rings. The highest BCUT2D eigenvalue weighted by Gasteiger charge is 2.08. The van der Waals surface area contributed by atoms with Gasteiger partial charge in [0.15, 0.2) is 0 Å². The van der Waals surface area contributed by atoms with Crippen molar-refractivity contribution in [3.05, 3.63) is 0 Å². The molecule has 3 atom stereocenters. The zero-order chi connectivity index (χ0) is 14.5. The zero-order valence-electron chi connectivity index (χ0n) is 11.9. The van der Waals surface area contributed by atoms with E-state index in [1.54, 1.807) is 0 Å². The van der Waals surface area contributed by atoms with Crippen LogP contribution in [-0.2, 0) is 0 Å². The van der Waals surface area contributed by atoms with E-state index in [0.717, 1.165) is 38.5 Å². The molecule has 0 rings (SSSR count). The lowest BCUT2D eigenvalue weighted by Crippen LogP contribution is -2.03. The maximum absolute atomic E-state index is 8.85. The van der Waals surface area contributed by atoms with E-state index in [4.69, 9.17) is 23.2 Å². The average Bonchev–Trinajstić information content (AvgIpc) is 2.42. The highest BCUT2D eigenvalue weighted by atomic mass is 16.3. The van der Waals surface area contributed by atoms with E-state index in [9.17, 15) is 0 Å². The van der Waals surface area contributed by atoms with Crippen molar-refractivity contribution >= 4 is 0 Å². The van der Waals surface area contributed by atoms with Gasteiger partial charge in [-0.15, -0.1) is 18.8 Å². The first-order valence-electron chi connectivity index (χ1n) is 7.10. The van der Waals surface area contributed by atoms with Crippen LogP contribution < -0.4 is 0 Å². The second-order valence-electron chi connectivity index (χ2n) is 5.19. The largest absolute Gasteiger partial charge is 0.396 e. The predicted octanol–water partition coefficient (Wildman–Crippen LogP) is 3.37. The highest BCUT2D eigenvalue weighted by molar-refractivity contribution is 5.04. The SMILES string of the molecule is C#CC(C#N)CCC[C@@H](C)CCC[C@H](C#C)CCO. The summed E-state index contributed by atoms with van der Waals surface area (Å²) in [4.78, 5) is 0. The normalized spacial score (nSPS) is 14.7. The maximum atomic E-state index is 8.85. The van der Waals surface area contributed by atoms with Crippen LogP contribution in [0.5, 0.6) is 0 Å². The molecule has 2 heteroatoms. The van der Waals surface area contributed by atoms with E-state index in [1.807, 2.05) is 0 Å². The van der Waals surface area contributed by atoms with E-state index < -0.39 is 0 Å². The van der Waals surface area contributed by atoms with Crippen LogP contribution in [0.4, 0.5) is 0 Å². The van der Waals surface area contributed by atoms with Gasteiger partial charge in [0.05, 0.1) is 6.07 Å². The molecule has 0 aromatic heterocycles. The molecule has 1 unspecified atom stereocenters. The van der Waals surface area contributed by atoms with Crippen LogP contribution in [0.15, 0.2) is 0 Å². The van der Waals surface area contributed by atoms with Gasteiger partial charge in [-0.05, 0) is 25.2 Å². The van der Waals surface area contributed by atoms with Crippen molar-refractivity contribution in [2.24, 2.45) is 17.8 Å². The van der Waals surface area contributed by atoms with Gasteiger partial charge in [-0.2, -0.15) is 5.26 Å². The van der Waals surface area contributed by atoms with E-state index in [-0.39, 0.29) is 18.4 Å². The van der Waals surface area contributed by atoms with Crippen LogP contribution in [0.25, 0.3) is 0 Å². The van der Waals surface area contributed by atoms with Gasteiger partial charge in [-0.1, -0.05) is 38.5 Å². The van der Waals surface area contributed by atoms with Gasteiger partial charge in [0, 0.05) is 12.5 Å². The summed E-state index contributed by atoms with van der Waals surface area (Å²) >= 11 is 0. The molecular formula is C17H25NO. The maximum Gasteiger partial charge on any atom is 0.107 e. The van der Waals surface area contributed by atoms with Crippen molar-refractivity contribution in [3.8, 4) is 30.8 Å². The molecule has 0 fully saturated rings. The molecule has 104 valence electrons. The molecule has 0 heterocycles. The quantitative estimate of drug-likeness (QED) is 0.611. The summed E-state index contributed by atoms with van der Waals surface area (Å²) in [5.74, 6) is 5.85. The molecular weight excluding hydrogens is 234 g/mol. The van der Waals surface area contributed by atoms with Crippen LogP contribution in [-0.4, -0.2) is 11.7 Å². The fraction of sp³-hybridized carbons (Fsp3) is 0.706. The molecule has 0 aliphatic rings. The first-order chi connectivity index (χ1) is 9.17. The van der Waals surface area contributed by atoms with Gasteiger partial charge >= 0.3 is 0 Å². The summed E-state index contributed by atoms with van der Waals surface area (Å²) in [6.07, 6.45) is 17.5. The Morgan fingerprint density at radius 2 is 1.63 bits per heavy atom. The molecule has 0 amide bonds. The molecule has 0 aromatic carbocycles. The Balaban J connectivity index is 3.66. The first kappa shape index (κ1) is 17.6. The van der Waals surface area contributed by atoms with E-state index in [0.29, 0.717) is 12.3 Å². The van der Waals surface area contributed by atoms with Crippen molar-refractivity contribution in [2.45, 2.75) is 51.9 Å². The van der Waals surface area contributed by atoms with Gasteiger partial charge in [0.25, 0.3) is 0 Å². The van der Waals surface area contributed by atoms with Gasteiger partial charge in [0.2, 0.25) is 0 Å². The summed E-state index contributed by atoms with van der Waals surface area (Å²) in [6.45, 7) is 2.40. The third-order valence-corrected chi connectivity index (χ3v) is 3.51. The van der Waals surface area contributed by atoms with Gasteiger partial charge in [-0.25, -0.2) is 0 Å². The summed E-state index contributed by atoms with van der Waals surface area (Å²) in [6, 6.07) is 2.12. The fourth-order valence-electron chi connectivity index (χ4n) is 2.18. The van der Waals surface area contributed by atoms with Crippen molar-refractivity contribution in [1.29, 1.82) is 5.26 Å². The minimum Gasteiger partial charge on any atom is -0.396 e. The lowest BCUT2D eigenvalue weighted by Gasteiger charge is -2.13. The molecule has 0 aliphatic heterocycles. The molecule has 0 saturated heterocycles. The molecule has 0 radical (unpaired) electrons. The molecule has 0 spiro atoms. The molecule has 1 N–H and O–H groups in total. The molecule has 0 bridgehead atoms. The van der Waals surface area contributed by atoms with Crippen LogP contribution >= 0.6 is 0 Å². The number of hydrogen-bond acceptors (Lipinski definition) is 2. The summed E-state index contributed by atoms with van der Waals surface area (Å²) in [5.41, 5.74) is 0. The number of rotatable bonds is 10. The lowest BCUT2D eigenvalue weighted by molar-refractivity contribution is 0.266. The molecule has 0 saturated carbocycles. The summed E-state index contributed by atoms with van der Waals surface area (Å²) in [5, 5.41) is 17.6. The number of aliphatic hydroxyl groups is 1. The molecule has 2 nitrogen and oxygen atoms in total. The third-order valence-electron chi connectivity index (χ3n) is 3.51. The lowest BCUT2D eigenvalue weighted by atomic mass is 9.92. The minimum absolute atomic E-state index is 0.173. The van der Waals surface area contributed by atoms with Crippen LogP contribution in [0.1, 0.15) is 51.9 Å². The molecule has 0 aliphatic carbocycles. The summed E-state index contributed by atoms with van der Waals surface area (Å²) < 4.78 is 0. The van der Waals surface area contributed by atoms with Crippen LogP contribution in [0.2, 0.25) is 0 Å². The Morgan fingerprint density at radius 3 is 2.11 bits per heavy atom. The van der Waals surface area contributed by atoms with Gasteiger partial charge in [0.1, 0.15) is 5.92 Å². The van der Waals surface area contributed by atoms with E-state index in [1.165, 1.54) is 0 Å². The van der Waals surface area contributed by atoms with Crippen molar-refractivity contribution in [1.82, 2.24) is 0 Å². The van der Waals surface area contributed by atoms with Crippen LogP contribution in [0.3, 0.4) is 0 Å². The Bertz CT molecular complexity index is 328. The topological polar surface area (TPSA) is 44.0 Å². The Labute approximate surface area is 118 Å². The Kier molecular flexibility index (Phi) is 10.8. The van der Waals surface area contributed by atoms with E-state index in [2.05, 4.69) is 24.8 Å². The third kappa shape index (κ3) is 9.18. The predicted molar refractivity (Wildman–Crippen MR) is 78.8 cm³/mol. The highest BCUT2D eigenvalue weighted by Crippen LogP contribution is 2.20. The zero-order valence-corrected chi connectivity index (χ0v) is 11.9. The van der Waals surface area contributed by atoms with Gasteiger partial charge < -0.3 is 5.11 Å². The fourth-order valence-corrected chi connectivity index (χ4v) is 2.18. The van der Waals surface area contributed by atoms with Gasteiger partial charge in [-0.3, -0.25) is 0 Å². The van der Waals surface area contributed by atoms with Crippen molar-refractivity contribution < 1.29 is 5.11 Å². The average molecular weight is 259 g/mol. The second-order valence-corrected chi connectivity index (χ2v) is 5.19. The Hall–Kier alpha value is -1.43. The number of aliphatic hydroxyl groups excluding tert-OH is 1. The first-order valence-corrected chi connectivity index (χ1v) is 7.10. The standard InChI is InChI=1S/C17H25NO/c1-4-16(12-13-19)10-6-8-15(3)9-7-11-17(5-2)14-18/h1-2,15-17,19H,6-13H2,3H3/t15-,16-,17?/m0/s1. The van der Waals surface area contributed by atoms with Crippen molar-refractivity contribution in [3.63, 3.8) is 0 Å². The molecule has 19 heavy (non-hydrogen) atoms. The summed E-state index contributed by atoms with van der Waals surface area (Å²) in [7, 11) is 0. The van der Waals surface area contributed by atoms with E-state index >= 15 is 0 Å².